The quantitative estimate of drug-likeness (QED) is 0.657. The van der Waals surface area contributed by atoms with E-state index in [0.717, 1.165) is 50.8 Å². The van der Waals surface area contributed by atoms with E-state index in [-0.39, 0.29) is 18.4 Å². The number of imide groups is 1. The average Bonchev–Trinajstić information content (AvgIpc) is 3.22. The third kappa shape index (κ3) is 3.04. The number of amides is 4. The first-order chi connectivity index (χ1) is 14.4. The van der Waals surface area contributed by atoms with Crippen molar-refractivity contribution in [1.29, 1.82) is 0 Å². The maximum atomic E-state index is 13.0. The molecule has 1 saturated heterocycles. The third-order valence-electron chi connectivity index (χ3n) is 6.98. The molecule has 1 spiro atoms. The van der Waals surface area contributed by atoms with Crippen molar-refractivity contribution in [1.82, 2.24) is 20.1 Å². The van der Waals surface area contributed by atoms with E-state index >= 15 is 0 Å². The summed E-state index contributed by atoms with van der Waals surface area (Å²) in [4.78, 5) is 45.0. The molecule has 1 aromatic heterocycles. The molecule has 30 heavy (non-hydrogen) atoms. The fourth-order valence-corrected chi connectivity index (χ4v) is 5.53. The number of hydrogen-bond donors (Lipinski definition) is 2. The van der Waals surface area contributed by atoms with Crippen molar-refractivity contribution in [2.45, 2.75) is 51.1 Å². The molecule has 2 aliphatic heterocycles. The maximum Gasteiger partial charge on any atom is 0.325 e. The lowest BCUT2D eigenvalue weighted by Gasteiger charge is -2.33. The Kier molecular flexibility index (Phi) is 4.65. The number of aromatic amines is 1. The van der Waals surface area contributed by atoms with Crippen LogP contribution in [0.15, 0.2) is 22.7 Å². The van der Waals surface area contributed by atoms with Crippen molar-refractivity contribution in [3.8, 4) is 0 Å². The van der Waals surface area contributed by atoms with E-state index in [2.05, 4.69) is 39.2 Å². The highest BCUT2D eigenvalue weighted by atomic mass is 79.9. The number of nitrogens with zero attached hydrogens (tertiary/aromatic N) is 2. The number of benzene rings is 1. The van der Waals surface area contributed by atoms with Crippen LogP contribution in [-0.4, -0.2) is 51.3 Å². The van der Waals surface area contributed by atoms with Crippen molar-refractivity contribution in [3.63, 3.8) is 0 Å². The number of rotatable bonds is 2. The number of hydrogen-bond acceptors (Lipinski definition) is 3. The van der Waals surface area contributed by atoms with Gasteiger partial charge >= 0.3 is 6.03 Å². The number of halogens is 1. The minimum atomic E-state index is -0.804. The molecule has 1 aromatic carbocycles. The van der Waals surface area contributed by atoms with Gasteiger partial charge in [-0.2, -0.15) is 0 Å². The van der Waals surface area contributed by atoms with Crippen molar-refractivity contribution >= 4 is 44.7 Å². The van der Waals surface area contributed by atoms with Crippen LogP contribution in [0, 0.1) is 5.92 Å². The van der Waals surface area contributed by atoms with Gasteiger partial charge in [-0.15, -0.1) is 0 Å². The smallest absolute Gasteiger partial charge is 0.325 e. The first kappa shape index (κ1) is 19.6. The van der Waals surface area contributed by atoms with Crippen LogP contribution in [-0.2, 0) is 22.6 Å². The lowest BCUT2D eigenvalue weighted by atomic mass is 9.77. The SMILES string of the molecule is CC1CCC2(CC1)NC(=O)N(CC(=O)N1CCc3[nH]c4c(Br)cccc4c3C1)C2=O. The van der Waals surface area contributed by atoms with Crippen LogP contribution in [0.5, 0.6) is 0 Å². The molecule has 3 heterocycles. The van der Waals surface area contributed by atoms with Crippen molar-refractivity contribution < 1.29 is 14.4 Å². The summed E-state index contributed by atoms with van der Waals surface area (Å²) >= 11 is 3.58. The molecule has 158 valence electrons. The summed E-state index contributed by atoms with van der Waals surface area (Å²) in [6.07, 6.45) is 3.86. The van der Waals surface area contributed by atoms with Gasteiger partial charge in [-0.1, -0.05) is 19.1 Å². The molecule has 0 unspecified atom stereocenters. The van der Waals surface area contributed by atoms with Crippen LogP contribution in [0.3, 0.4) is 0 Å². The molecule has 7 nitrogen and oxygen atoms in total. The number of fused-ring (bicyclic) bond motifs is 3. The Morgan fingerprint density at radius 3 is 2.80 bits per heavy atom. The Hall–Kier alpha value is -2.35. The first-order valence-corrected chi connectivity index (χ1v) is 11.4. The monoisotopic (exact) mass is 472 g/mol. The van der Waals surface area contributed by atoms with E-state index in [1.807, 2.05) is 12.1 Å². The minimum Gasteiger partial charge on any atom is -0.357 e. The number of H-pyrrole nitrogens is 1. The lowest BCUT2D eigenvalue weighted by Crippen LogP contribution is -2.50. The highest BCUT2D eigenvalue weighted by molar-refractivity contribution is 9.10. The van der Waals surface area contributed by atoms with Crippen LogP contribution in [0.4, 0.5) is 4.79 Å². The van der Waals surface area contributed by atoms with Crippen molar-refractivity contribution in [3.05, 3.63) is 33.9 Å². The van der Waals surface area contributed by atoms with Gasteiger partial charge in [-0.05, 0) is 53.6 Å². The topological polar surface area (TPSA) is 85.5 Å². The molecular formula is C22H25BrN4O3. The zero-order valence-electron chi connectivity index (χ0n) is 17.0. The van der Waals surface area contributed by atoms with Crippen LogP contribution < -0.4 is 5.32 Å². The number of carbonyl (C=O) groups excluding carboxylic acids is 3. The summed E-state index contributed by atoms with van der Waals surface area (Å²) < 4.78 is 0.999. The molecule has 2 aromatic rings. The summed E-state index contributed by atoms with van der Waals surface area (Å²) in [5, 5.41) is 4.00. The van der Waals surface area contributed by atoms with E-state index in [9.17, 15) is 14.4 Å². The summed E-state index contributed by atoms with van der Waals surface area (Å²) in [5.41, 5.74) is 2.49. The molecule has 2 fully saturated rings. The van der Waals surface area contributed by atoms with Gasteiger partial charge in [0.15, 0.2) is 0 Å². The molecule has 3 aliphatic rings. The Labute approximate surface area is 183 Å². The van der Waals surface area contributed by atoms with E-state index in [1.54, 1.807) is 4.90 Å². The molecule has 0 atom stereocenters. The molecule has 1 saturated carbocycles. The van der Waals surface area contributed by atoms with Gasteiger partial charge in [0.2, 0.25) is 5.91 Å². The predicted molar refractivity (Wildman–Crippen MR) is 116 cm³/mol. The summed E-state index contributed by atoms with van der Waals surface area (Å²) in [7, 11) is 0. The molecule has 5 rings (SSSR count). The van der Waals surface area contributed by atoms with E-state index < -0.39 is 11.6 Å². The molecule has 8 heteroatoms. The van der Waals surface area contributed by atoms with Gasteiger partial charge < -0.3 is 15.2 Å². The van der Waals surface area contributed by atoms with Crippen molar-refractivity contribution in [2.24, 2.45) is 5.92 Å². The van der Waals surface area contributed by atoms with Gasteiger partial charge in [0.25, 0.3) is 5.91 Å². The van der Waals surface area contributed by atoms with Crippen LogP contribution in [0.25, 0.3) is 10.9 Å². The van der Waals surface area contributed by atoms with Crippen LogP contribution in [0.1, 0.15) is 43.9 Å². The Balaban J connectivity index is 1.32. The highest BCUT2D eigenvalue weighted by Crippen LogP contribution is 2.36. The normalized spacial score (nSPS) is 26.4. The summed E-state index contributed by atoms with van der Waals surface area (Å²) in [5.74, 6) is 0.144. The zero-order chi connectivity index (χ0) is 21.0. The maximum absolute atomic E-state index is 13.0. The van der Waals surface area contributed by atoms with Gasteiger partial charge in [-0.3, -0.25) is 14.5 Å². The van der Waals surface area contributed by atoms with E-state index in [4.69, 9.17) is 0 Å². The average molecular weight is 473 g/mol. The Bertz CT molecular complexity index is 1050. The zero-order valence-corrected chi connectivity index (χ0v) is 18.5. The lowest BCUT2D eigenvalue weighted by molar-refractivity contribution is -0.140. The van der Waals surface area contributed by atoms with Gasteiger partial charge in [0.05, 0.1) is 5.52 Å². The summed E-state index contributed by atoms with van der Waals surface area (Å²) in [6, 6.07) is 5.59. The van der Waals surface area contributed by atoms with E-state index in [0.29, 0.717) is 31.8 Å². The molecule has 2 N–H and O–H groups in total. The Morgan fingerprint density at radius 1 is 1.27 bits per heavy atom. The summed E-state index contributed by atoms with van der Waals surface area (Å²) in [6.45, 7) is 3.03. The minimum absolute atomic E-state index is 0.185. The standard InChI is InChI=1S/C22H25BrN4O3/c1-13-5-8-22(9-6-13)20(29)27(21(30)25-22)12-18(28)26-10-7-17-15(11-26)14-3-2-4-16(23)19(14)24-17/h2-4,13,24H,5-12H2,1H3,(H,25,30). The van der Waals surface area contributed by atoms with Gasteiger partial charge in [-0.25, -0.2) is 4.79 Å². The van der Waals surface area contributed by atoms with Crippen LogP contribution in [0.2, 0.25) is 0 Å². The fourth-order valence-electron chi connectivity index (χ4n) is 5.06. The second-order valence-electron chi connectivity index (χ2n) is 8.90. The number of urea groups is 1. The fraction of sp³-hybridized carbons (Fsp3) is 0.500. The Morgan fingerprint density at radius 2 is 2.03 bits per heavy atom. The highest BCUT2D eigenvalue weighted by Gasteiger charge is 2.52. The molecule has 1 aliphatic carbocycles. The number of para-hydroxylation sites is 1. The van der Waals surface area contributed by atoms with Crippen LogP contribution >= 0.6 is 15.9 Å². The molecule has 0 bridgehead atoms. The number of aromatic nitrogens is 1. The van der Waals surface area contributed by atoms with Crippen molar-refractivity contribution in [2.75, 3.05) is 13.1 Å². The van der Waals surface area contributed by atoms with E-state index in [1.165, 1.54) is 0 Å². The molecular weight excluding hydrogens is 448 g/mol. The molecule has 0 radical (unpaired) electrons. The number of carbonyl (C=O) groups is 3. The third-order valence-corrected chi connectivity index (χ3v) is 7.64. The second kappa shape index (κ2) is 7.11. The molecule has 4 amide bonds. The van der Waals surface area contributed by atoms with Gasteiger partial charge in [0, 0.05) is 40.6 Å². The second-order valence-corrected chi connectivity index (χ2v) is 9.75. The first-order valence-electron chi connectivity index (χ1n) is 10.6. The number of nitrogens with one attached hydrogen (secondary N) is 2. The predicted octanol–water partition coefficient (Wildman–Crippen LogP) is 3.32. The largest absolute Gasteiger partial charge is 0.357 e. The van der Waals surface area contributed by atoms with Gasteiger partial charge in [0.1, 0.15) is 12.1 Å².